The van der Waals surface area contributed by atoms with E-state index in [-0.39, 0.29) is 6.09 Å². The molecule has 2 heterocycles. The smallest absolute Gasteiger partial charge is 0.421 e. The summed E-state index contributed by atoms with van der Waals surface area (Å²) in [5, 5.41) is 1.95. The number of ether oxygens (including phenoxy) is 1. The van der Waals surface area contributed by atoms with E-state index in [1.165, 1.54) is 4.90 Å². The van der Waals surface area contributed by atoms with Crippen LogP contribution in [0.25, 0.3) is 0 Å². The quantitative estimate of drug-likeness (QED) is 0.584. The van der Waals surface area contributed by atoms with Gasteiger partial charge in [-0.25, -0.2) is 9.69 Å². The Morgan fingerprint density at radius 2 is 2.54 bits per heavy atom. The van der Waals surface area contributed by atoms with Crippen molar-refractivity contribution in [3.8, 4) is 12.0 Å². The molecule has 1 aromatic heterocycles. The molecule has 1 aliphatic rings. The van der Waals surface area contributed by atoms with Gasteiger partial charge in [-0.2, -0.15) is 0 Å². The molecule has 1 saturated heterocycles. The number of amides is 1. The number of hydrogen-bond acceptors (Lipinski definition) is 3. The number of thiophene rings is 1. The van der Waals surface area contributed by atoms with E-state index < -0.39 is 0 Å². The molecule has 1 aliphatic heterocycles. The molecular formula is C9H7NO2S. The maximum Gasteiger partial charge on any atom is 0.421 e. The Morgan fingerprint density at radius 1 is 1.62 bits per heavy atom. The van der Waals surface area contributed by atoms with Crippen LogP contribution in [0.1, 0.15) is 4.88 Å². The zero-order chi connectivity index (χ0) is 9.10. The van der Waals surface area contributed by atoms with E-state index >= 15 is 0 Å². The fourth-order valence-corrected chi connectivity index (χ4v) is 1.53. The van der Waals surface area contributed by atoms with Gasteiger partial charge in [-0.05, 0) is 17.4 Å². The summed E-state index contributed by atoms with van der Waals surface area (Å²) in [6.07, 6.45) is -0.343. The summed E-state index contributed by atoms with van der Waals surface area (Å²) in [6, 6.07) is 6.60. The van der Waals surface area contributed by atoms with Crippen LogP contribution in [0.5, 0.6) is 0 Å². The van der Waals surface area contributed by atoms with Crippen LogP contribution in [-0.2, 0) is 4.74 Å². The van der Waals surface area contributed by atoms with Gasteiger partial charge in [0.2, 0.25) is 0 Å². The second-order valence-corrected chi connectivity index (χ2v) is 3.43. The molecule has 2 rings (SSSR count). The van der Waals surface area contributed by atoms with Crippen LogP contribution >= 0.6 is 11.3 Å². The molecule has 1 amide bonds. The number of hydrogen-bond donors (Lipinski definition) is 0. The van der Waals surface area contributed by atoms with Gasteiger partial charge in [-0.3, -0.25) is 0 Å². The Hall–Kier alpha value is -1.47. The minimum atomic E-state index is -0.343. The third-order valence-electron chi connectivity index (χ3n) is 1.60. The van der Waals surface area contributed by atoms with Crippen molar-refractivity contribution in [3.63, 3.8) is 0 Å². The van der Waals surface area contributed by atoms with Crippen molar-refractivity contribution in [3.05, 3.63) is 22.4 Å². The maximum atomic E-state index is 10.9. The lowest BCUT2D eigenvalue weighted by molar-refractivity contribution is 0.167. The summed E-state index contributed by atoms with van der Waals surface area (Å²) >= 11 is 1.56. The fourth-order valence-electron chi connectivity index (χ4n) is 0.967. The molecule has 0 aliphatic carbocycles. The van der Waals surface area contributed by atoms with Crippen LogP contribution in [0.2, 0.25) is 0 Å². The molecule has 66 valence electrons. The molecule has 0 aromatic carbocycles. The highest BCUT2D eigenvalue weighted by Crippen LogP contribution is 2.06. The summed E-state index contributed by atoms with van der Waals surface area (Å²) in [7, 11) is 0. The van der Waals surface area contributed by atoms with Crippen molar-refractivity contribution in [2.24, 2.45) is 0 Å². The van der Waals surface area contributed by atoms with Crippen LogP contribution in [-0.4, -0.2) is 24.1 Å². The first-order valence-corrected chi connectivity index (χ1v) is 4.74. The van der Waals surface area contributed by atoms with Gasteiger partial charge in [-0.1, -0.05) is 6.07 Å². The number of cyclic esters (lactones) is 1. The molecule has 0 saturated carbocycles. The minimum Gasteiger partial charge on any atom is -0.447 e. The van der Waals surface area contributed by atoms with Gasteiger partial charge in [0.05, 0.1) is 11.4 Å². The Kier molecular flexibility index (Phi) is 2.19. The molecule has 0 N–H and O–H groups in total. The highest BCUT2D eigenvalue weighted by Gasteiger charge is 2.19. The van der Waals surface area contributed by atoms with Gasteiger partial charge in [0, 0.05) is 6.04 Å². The van der Waals surface area contributed by atoms with Crippen molar-refractivity contribution in [1.29, 1.82) is 0 Å². The van der Waals surface area contributed by atoms with Crippen molar-refractivity contribution in [1.82, 2.24) is 4.90 Å². The number of carbonyl (C=O) groups is 1. The second-order valence-electron chi connectivity index (χ2n) is 2.48. The van der Waals surface area contributed by atoms with Crippen LogP contribution in [0.4, 0.5) is 4.79 Å². The van der Waals surface area contributed by atoms with Gasteiger partial charge in [0.15, 0.2) is 0 Å². The van der Waals surface area contributed by atoms with Crippen molar-refractivity contribution in [2.45, 2.75) is 0 Å². The summed E-state index contributed by atoms with van der Waals surface area (Å²) < 4.78 is 4.72. The predicted molar refractivity (Wildman–Crippen MR) is 49.3 cm³/mol. The molecule has 3 nitrogen and oxygen atoms in total. The molecule has 4 heteroatoms. The van der Waals surface area contributed by atoms with E-state index in [0.29, 0.717) is 13.2 Å². The summed E-state index contributed by atoms with van der Waals surface area (Å²) in [6.45, 7) is 1.01. The van der Waals surface area contributed by atoms with E-state index in [1.807, 2.05) is 17.5 Å². The average molecular weight is 193 g/mol. The Balaban J connectivity index is 2.08. The number of carbonyl (C=O) groups excluding carboxylic acids is 1. The predicted octanol–water partition coefficient (Wildman–Crippen LogP) is 1.51. The zero-order valence-corrected chi connectivity index (χ0v) is 7.63. The molecule has 1 fully saturated rings. The third-order valence-corrected chi connectivity index (χ3v) is 2.38. The molecule has 0 unspecified atom stereocenters. The van der Waals surface area contributed by atoms with Gasteiger partial charge in [-0.15, -0.1) is 11.3 Å². The second kappa shape index (κ2) is 3.50. The Labute approximate surface area is 79.9 Å². The first-order chi connectivity index (χ1) is 6.36. The zero-order valence-electron chi connectivity index (χ0n) is 6.82. The van der Waals surface area contributed by atoms with Crippen molar-refractivity contribution in [2.75, 3.05) is 13.2 Å². The molecule has 0 radical (unpaired) electrons. The van der Waals surface area contributed by atoms with Crippen molar-refractivity contribution >= 4 is 17.4 Å². The van der Waals surface area contributed by atoms with E-state index in [1.54, 1.807) is 11.3 Å². The third kappa shape index (κ3) is 1.82. The van der Waals surface area contributed by atoms with Gasteiger partial charge in [0.1, 0.15) is 6.61 Å². The summed E-state index contributed by atoms with van der Waals surface area (Å²) in [5.74, 6) is 2.89. The molecule has 0 atom stereocenters. The molecule has 0 bridgehead atoms. The Morgan fingerprint density at radius 3 is 3.15 bits per heavy atom. The largest absolute Gasteiger partial charge is 0.447 e. The van der Waals surface area contributed by atoms with Crippen LogP contribution < -0.4 is 0 Å². The standard InChI is InChI=1S/C9H7NO2S/c11-9-10(5-6-12-9)4-3-8-2-1-7-13-8/h1-2,7H,5-6H2. The van der Waals surface area contributed by atoms with Gasteiger partial charge >= 0.3 is 6.09 Å². The number of rotatable bonds is 0. The minimum absolute atomic E-state index is 0.343. The SMILES string of the molecule is O=C1OCCN1C#Cc1cccs1. The van der Waals surface area contributed by atoms with E-state index in [4.69, 9.17) is 4.74 Å². The summed E-state index contributed by atoms with van der Waals surface area (Å²) in [4.78, 5) is 13.3. The maximum absolute atomic E-state index is 10.9. The average Bonchev–Trinajstić information content (AvgIpc) is 2.72. The lowest BCUT2D eigenvalue weighted by atomic mass is 10.5. The highest BCUT2D eigenvalue weighted by molar-refractivity contribution is 7.10. The van der Waals surface area contributed by atoms with Gasteiger partial charge in [0.25, 0.3) is 0 Å². The van der Waals surface area contributed by atoms with E-state index in [0.717, 1.165) is 4.88 Å². The first kappa shape index (κ1) is 8.14. The van der Waals surface area contributed by atoms with Crippen molar-refractivity contribution < 1.29 is 9.53 Å². The molecular weight excluding hydrogens is 186 g/mol. The van der Waals surface area contributed by atoms with Crippen LogP contribution in [0.3, 0.4) is 0 Å². The highest BCUT2D eigenvalue weighted by atomic mass is 32.1. The molecule has 13 heavy (non-hydrogen) atoms. The normalized spacial score (nSPS) is 15.1. The number of nitrogens with zero attached hydrogens (tertiary/aromatic N) is 1. The fraction of sp³-hybridized carbons (Fsp3) is 0.222. The molecule has 0 spiro atoms. The van der Waals surface area contributed by atoms with Crippen LogP contribution in [0, 0.1) is 12.0 Å². The lowest BCUT2D eigenvalue weighted by Crippen LogP contribution is -2.17. The first-order valence-electron chi connectivity index (χ1n) is 3.86. The summed E-state index contributed by atoms with van der Waals surface area (Å²) in [5.41, 5.74) is 0. The van der Waals surface area contributed by atoms with Crippen LogP contribution in [0.15, 0.2) is 17.5 Å². The van der Waals surface area contributed by atoms with E-state index in [2.05, 4.69) is 12.0 Å². The van der Waals surface area contributed by atoms with Gasteiger partial charge < -0.3 is 4.74 Å². The Bertz CT molecular complexity index is 361. The molecule has 1 aromatic rings. The monoisotopic (exact) mass is 193 g/mol. The van der Waals surface area contributed by atoms with E-state index in [9.17, 15) is 4.79 Å². The lowest BCUT2D eigenvalue weighted by Gasteiger charge is -1.98. The topological polar surface area (TPSA) is 29.5 Å².